The molecular formula is C14H12BrClN2O. The summed E-state index contributed by atoms with van der Waals surface area (Å²) >= 11 is 9.41. The van der Waals surface area contributed by atoms with Gasteiger partial charge in [-0.3, -0.25) is 4.79 Å². The van der Waals surface area contributed by atoms with Crippen molar-refractivity contribution in [2.75, 3.05) is 11.1 Å². The first-order valence-corrected chi connectivity index (χ1v) is 6.77. The van der Waals surface area contributed by atoms with E-state index in [9.17, 15) is 4.79 Å². The molecule has 2 aromatic rings. The van der Waals surface area contributed by atoms with E-state index < -0.39 is 0 Å². The van der Waals surface area contributed by atoms with Gasteiger partial charge < -0.3 is 11.1 Å². The van der Waals surface area contributed by atoms with Crippen molar-refractivity contribution in [3.63, 3.8) is 0 Å². The maximum atomic E-state index is 12.1. The van der Waals surface area contributed by atoms with Gasteiger partial charge in [0.1, 0.15) is 0 Å². The minimum Gasteiger partial charge on any atom is -0.399 e. The third-order valence-electron chi connectivity index (χ3n) is 2.66. The van der Waals surface area contributed by atoms with Gasteiger partial charge in [-0.25, -0.2) is 0 Å². The lowest BCUT2D eigenvalue weighted by Crippen LogP contribution is -2.12. The Hall–Kier alpha value is -1.52. The summed E-state index contributed by atoms with van der Waals surface area (Å²) in [5.74, 6) is -0.206. The largest absolute Gasteiger partial charge is 0.399 e. The fraction of sp³-hybridized carbons (Fsp3) is 0.0714. The number of nitrogens with one attached hydrogen (secondary N) is 1. The Labute approximate surface area is 124 Å². The third-order valence-corrected chi connectivity index (χ3v) is 3.86. The summed E-state index contributed by atoms with van der Waals surface area (Å²) in [4.78, 5) is 12.1. The van der Waals surface area contributed by atoms with Gasteiger partial charge in [0.2, 0.25) is 0 Å². The number of hydrogen-bond donors (Lipinski definition) is 2. The molecule has 0 radical (unpaired) electrons. The molecule has 3 nitrogen and oxygen atoms in total. The molecule has 0 aliphatic carbocycles. The minimum absolute atomic E-state index is 0.206. The SMILES string of the molecule is Cc1cc(C(=O)Nc2ccc(N)cc2Cl)ccc1Br. The van der Waals surface area contributed by atoms with E-state index in [2.05, 4.69) is 21.2 Å². The van der Waals surface area contributed by atoms with E-state index in [0.29, 0.717) is 22.0 Å². The predicted molar refractivity (Wildman–Crippen MR) is 82.7 cm³/mol. The van der Waals surface area contributed by atoms with Crippen molar-refractivity contribution >= 4 is 44.8 Å². The van der Waals surface area contributed by atoms with E-state index in [1.165, 1.54) is 0 Å². The Bertz CT molecular complexity index is 643. The fourth-order valence-corrected chi connectivity index (χ4v) is 2.10. The molecule has 0 aliphatic heterocycles. The zero-order valence-electron chi connectivity index (χ0n) is 10.2. The molecule has 2 aromatic carbocycles. The van der Waals surface area contributed by atoms with Gasteiger partial charge >= 0.3 is 0 Å². The summed E-state index contributed by atoms with van der Waals surface area (Å²) in [6.07, 6.45) is 0. The van der Waals surface area contributed by atoms with E-state index in [4.69, 9.17) is 17.3 Å². The van der Waals surface area contributed by atoms with Gasteiger partial charge in [-0.1, -0.05) is 27.5 Å². The molecule has 5 heteroatoms. The van der Waals surface area contributed by atoms with E-state index in [-0.39, 0.29) is 5.91 Å². The number of anilines is 2. The highest BCUT2D eigenvalue weighted by Crippen LogP contribution is 2.25. The molecule has 0 saturated heterocycles. The van der Waals surface area contributed by atoms with Crippen LogP contribution in [0, 0.1) is 6.92 Å². The van der Waals surface area contributed by atoms with E-state index >= 15 is 0 Å². The second kappa shape index (κ2) is 5.63. The maximum Gasteiger partial charge on any atom is 0.255 e. The van der Waals surface area contributed by atoms with Crippen LogP contribution in [0.3, 0.4) is 0 Å². The number of aryl methyl sites for hydroxylation is 1. The van der Waals surface area contributed by atoms with Crippen molar-refractivity contribution in [3.8, 4) is 0 Å². The summed E-state index contributed by atoms with van der Waals surface area (Å²) < 4.78 is 0.967. The Morgan fingerprint density at radius 2 is 2.00 bits per heavy atom. The second-order valence-corrected chi connectivity index (χ2v) is 5.42. The van der Waals surface area contributed by atoms with E-state index in [1.807, 2.05) is 19.1 Å². The molecule has 0 spiro atoms. The van der Waals surface area contributed by atoms with Gasteiger partial charge in [-0.2, -0.15) is 0 Å². The van der Waals surface area contributed by atoms with Crippen molar-refractivity contribution in [3.05, 3.63) is 57.0 Å². The average Bonchev–Trinajstić information content (AvgIpc) is 2.36. The average molecular weight is 340 g/mol. The van der Waals surface area contributed by atoms with E-state index in [1.54, 1.807) is 24.3 Å². The molecule has 0 fully saturated rings. The fourth-order valence-electron chi connectivity index (χ4n) is 1.61. The quantitative estimate of drug-likeness (QED) is 0.804. The molecule has 98 valence electrons. The highest BCUT2D eigenvalue weighted by molar-refractivity contribution is 9.10. The molecule has 0 heterocycles. The molecule has 0 bridgehead atoms. The van der Waals surface area contributed by atoms with Crippen LogP contribution < -0.4 is 11.1 Å². The molecule has 0 atom stereocenters. The van der Waals surface area contributed by atoms with Crippen LogP contribution in [0.25, 0.3) is 0 Å². The van der Waals surface area contributed by atoms with Crippen molar-refractivity contribution in [2.24, 2.45) is 0 Å². The van der Waals surface area contributed by atoms with Gasteiger partial charge in [-0.05, 0) is 48.9 Å². The van der Waals surface area contributed by atoms with Gasteiger partial charge in [0.25, 0.3) is 5.91 Å². The number of halogens is 2. The van der Waals surface area contributed by atoms with Crippen LogP contribution in [-0.2, 0) is 0 Å². The first-order chi connectivity index (χ1) is 8.97. The highest BCUT2D eigenvalue weighted by Gasteiger charge is 2.09. The summed E-state index contributed by atoms with van der Waals surface area (Å²) in [5, 5.41) is 3.18. The number of benzene rings is 2. The molecule has 1 amide bonds. The number of amides is 1. The highest BCUT2D eigenvalue weighted by atomic mass is 79.9. The predicted octanol–water partition coefficient (Wildman–Crippen LogP) is 4.25. The monoisotopic (exact) mass is 338 g/mol. The van der Waals surface area contributed by atoms with Gasteiger partial charge in [0.15, 0.2) is 0 Å². The summed E-state index contributed by atoms with van der Waals surface area (Å²) in [7, 11) is 0. The lowest BCUT2D eigenvalue weighted by Gasteiger charge is -2.09. The van der Waals surface area contributed by atoms with Crippen LogP contribution in [0.1, 0.15) is 15.9 Å². The molecular weight excluding hydrogens is 328 g/mol. The van der Waals surface area contributed by atoms with Crippen LogP contribution in [-0.4, -0.2) is 5.91 Å². The summed E-state index contributed by atoms with van der Waals surface area (Å²) in [6, 6.07) is 10.4. The normalized spacial score (nSPS) is 10.3. The van der Waals surface area contributed by atoms with Gasteiger partial charge in [0, 0.05) is 15.7 Å². The molecule has 0 aromatic heterocycles. The van der Waals surface area contributed by atoms with Crippen LogP contribution >= 0.6 is 27.5 Å². The molecule has 19 heavy (non-hydrogen) atoms. The Balaban J connectivity index is 2.23. The number of rotatable bonds is 2. The molecule has 3 N–H and O–H groups in total. The summed E-state index contributed by atoms with van der Waals surface area (Å²) in [5.41, 5.74) is 8.28. The number of nitrogens with two attached hydrogens (primary N) is 1. The van der Waals surface area contributed by atoms with Crippen LogP contribution in [0.4, 0.5) is 11.4 Å². The Morgan fingerprint density at radius 3 is 2.63 bits per heavy atom. The second-order valence-electron chi connectivity index (χ2n) is 4.16. The molecule has 0 aliphatic rings. The van der Waals surface area contributed by atoms with Crippen molar-refractivity contribution in [2.45, 2.75) is 6.92 Å². The first-order valence-electron chi connectivity index (χ1n) is 5.60. The van der Waals surface area contributed by atoms with Crippen molar-refractivity contribution in [1.82, 2.24) is 0 Å². The number of nitrogen functional groups attached to an aromatic ring is 1. The Morgan fingerprint density at radius 1 is 1.26 bits per heavy atom. The van der Waals surface area contributed by atoms with Crippen molar-refractivity contribution < 1.29 is 4.79 Å². The lowest BCUT2D eigenvalue weighted by atomic mass is 10.1. The number of carbonyl (C=O) groups excluding carboxylic acids is 1. The van der Waals surface area contributed by atoms with Gasteiger partial charge in [0.05, 0.1) is 10.7 Å². The lowest BCUT2D eigenvalue weighted by molar-refractivity contribution is 0.102. The number of carbonyl (C=O) groups is 1. The van der Waals surface area contributed by atoms with Crippen LogP contribution in [0.15, 0.2) is 40.9 Å². The van der Waals surface area contributed by atoms with Crippen LogP contribution in [0.5, 0.6) is 0 Å². The smallest absolute Gasteiger partial charge is 0.255 e. The topological polar surface area (TPSA) is 55.1 Å². The molecule has 0 unspecified atom stereocenters. The summed E-state index contributed by atoms with van der Waals surface area (Å²) in [6.45, 7) is 1.93. The molecule has 2 rings (SSSR count). The van der Waals surface area contributed by atoms with Gasteiger partial charge in [-0.15, -0.1) is 0 Å². The maximum absolute atomic E-state index is 12.1. The minimum atomic E-state index is -0.206. The van der Waals surface area contributed by atoms with Crippen LogP contribution in [0.2, 0.25) is 5.02 Å². The Kier molecular flexibility index (Phi) is 4.12. The molecule has 0 saturated carbocycles. The third kappa shape index (κ3) is 3.28. The standard InChI is InChI=1S/C14H12BrClN2O/c1-8-6-9(2-4-11(8)15)14(19)18-13-5-3-10(17)7-12(13)16/h2-7H,17H2,1H3,(H,18,19). The first kappa shape index (κ1) is 13.9. The van der Waals surface area contributed by atoms with Crippen molar-refractivity contribution in [1.29, 1.82) is 0 Å². The number of hydrogen-bond acceptors (Lipinski definition) is 2. The zero-order valence-corrected chi connectivity index (χ0v) is 12.5. The zero-order chi connectivity index (χ0) is 14.0. The van der Waals surface area contributed by atoms with E-state index in [0.717, 1.165) is 10.0 Å².